The van der Waals surface area contributed by atoms with E-state index in [2.05, 4.69) is 13.8 Å². The minimum atomic E-state index is 1.18. The molecule has 62 valence electrons. The minimum absolute atomic E-state index is 1.18. The number of aryl methyl sites for hydroxylation is 2. The van der Waals surface area contributed by atoms with E-state index in [0.29, 0.717) is 0 Å². The molecule has 11 heavy (non-hydrogen) atoms. The topological polar surface area (TPSA) is 13.1 Å². The first-order valence-electron chi connectivity index (χ1n) is 4.36. The largest absolute Gasteiger partial charge is 0.472 e. The van der Waals surface area contributed by atoms with Gasteiger partial charge in [-0.15, -0.1) is 0 Å². The average molecular weight is 152 g/mol. The third-order valence-electron chi connectivity index (χ3n) is 2.01. The van der Waals surface area contributed by atoms with Gasteiger partial charge < -0.3 is 4.42 Å². The number of rotatable bonds is 4. The molecule has 1 heterocycles. The second-order valence-corrected chi connectivity index (χ2v) is 3.04. The van der Waals surface area contributed by atoms with Gasteiger partial charge in [0, 0.05) is 0 Å². The molecule has 0 aliphatic rings. The van der Waals surface area contributed by atoms with Gasteiger partial charge in [0.2, 0.25) is 0 Å². The summed E-state index contributed by atoms with van der Waals surface area (Å²) in [5.41, 5.74) is 2.67. The third kappa shape index (κ3) is 2.41. The van der Waals surface area contributed by atoms with Gasteiger partial charge >= 0.3 is 0 Å². The van der Waals surface area contributed by atoms with Crippen LogP contribution < -0.4 is 0 Å². The Morgan fingerprint density at radius 3 is 2.64 bits per heavy atom. The zero-order valence-corrected chi connectivity index (χ0v) is 7.39. The van der Waals surface area contributed by atoms with Crippen LogP contribution in [0.1, 0.15) is 37.3 Å². The Morgan fingerprint density at radius 1 is 1.27 bits per heavy atom. The molecule has 0 bridgehead atoms. The van der Waals surface area contributed by atoms with Crippen molar-refractivity contribution in [2.24, 2.45) is 0 Å². The van der Waals surface area contributed by atoms with E-state index >= 15 is 0 Å². The fourth-order valence-electron chi connectivity index (χ4n) is 1.21. The molecule has 0 amide bonds. The summed E-state index contributed by atoms with van der Waals surface area (Å²) in [5, 5.41) is 0. The second-order valence-electron chi connectivity index (χ2n) is 3.04. The molecule has 0 saturated carbocycles. The van der Waals surface area contributed by atoms with Crippen molar-refractivity contribution in [1.29, 1.82) is 0 Å². The molecular formula is C10H16O. The smallest absolute Gasteiger partial charge is 0.0937 e. The van der Waals surface area contributed by atoms with Gasteiger partial charge in [-0.1, -0.05) is 19.8 Å². The van der Waals surface area contributed by atoms with Crippen LogP contribution in [0.5, 0.6) is 0 Å². The second kappa shape index (κ2) is 4.22. The van der Waals surface area contributed by atoms with E-state index in [4.69, 9.17) is 4.42 Å². The Balaban J connectivity index is 2.32. The first kappa shape index (κ1) is 8.38. The van der Waals surface area contributed by atoms with E-state index in [0.717, 1.165) is 0 Å². The van der Waals surface area contributed by atoms with Crippen LogP contribution in [0.4, 0.5) is 0 Å². The summed E-state index contributed by atoms with van der Waals surface area (Å²) >= 11 is 0. The highest BCUT2D eigenvalue weighted by molar-refractivity contribution is 5.18. The zero-order valence-electron chi connectivity index (χ0n) is 7.39. The van der Waals surface area contributed by atoms with Gasteiger partial charge in [0.1, 0.15) is 0 Å². The van der Waals surface area contributed by atoms with Crippen LogP contribution in [0, 0.1) is 6.92 Å². The highest BCUT2D eigenvalue weighted by Crippen LogP contribution is 2.12. The molecule has 1 heteroatoms. The molecule has 0 N–H and O–H groups in total. The number of furan rings is 1. The lowest BCUT2D eigenvalue weighted by atomic mass is 10.1. The van der Waals surface area contributed by atoms with Gasteiger partial charge in [0.15, 0.2) is 0 Å². The van der Waals surface area contributed by atoms with Crippen molar-refractivity contribution in [3.05, 3.63) is 23.7 Å². The Bertz CT molecular complexity index is 200. The predicted molar refractivity (Wildman–Crippen MR) is 46.7 cm³/mol. The lowest BCUT2D eigenvalue weighted by Crippen LogP contribution is -1.84. The molecule has 1 nitrogen and oxygen atoms in total. The normalized spacial score (nSPS) is 10.4. The first-order chi connectivity index (χ1) is 5.34. The van der Waals surface area contributed by atoms with Crippen molar-refractivity contribution < 1.29 is 4.42 Å². The molecule has 0 radical (unpaired) electrons. The number of hydrogen-bond acceptors (Lipinski definition) is 1. The van der Waals surface area contributed by atoms with Gasteiger partial charge in [-0.25, -0.2) is 0 Å². The Morgan fingerprint density at radius 2 is 2.09 bits per heavy atom. The summed E-state index contributed by atoms with van der Waals surface area (Å²) in [6.07, 6.45) is 8.76. The molecule has 0 fully saturated rings. The lowest BCUT2D eigenvalue weighted by molar-refractivity contribution is 0.561. The first-order valence-corrected chi connectivity index (χ1v) is 4.36. The van der Waals surface area contributed by atoms with Crippen LogP contribution in [0.15, 0.2) is 16.9 Å². The molecule has 0 aliphatic carbocycles. The summed E-state index contributed by atoms with van der Waals surface area (Å²) in [6, 6.07) is 0. The van der Waals surface area contributed by atoms with Gasteiger partial charge in [-0.2, -0.15) is 0 Å². The molecule has 1 rings (SSSR count). The molecule has 0 unspecified atom stereocenters. The molecule has 0 saturated heterocycles. The van der Waals surface area contributed by atoms with Crippen LogP contribution in [0.25, 0.3) is 0 Å². The zero-order chi connectivity index (χ0) is 8.10. The van der Waals surface area contributed by atoms with E-state index in [1.807, 2.05) is 12.5 Å². The molecule has 1 aromatic rings. The lowest BCUT2D eigenvalue weighted by Gasteiger charge is -1.96. The maximum absolute atomic E-state index is 5.08. The average Bonchev–Trinajstić information content (AvgIpc) is 2.37. The maximum Gasteiger partial charge on any atom is 0.0937 e. The number of hydrogen-bond donors (Lipinski definition) is 0. The highest BCUT2D eigenvalue weighted by Gasteiger charge is 1.98. The van der Waals surface area contributed by atoms with Crippen LogP contribution in [0.3, 0.4) is 0 Å². The van der Waals surface area contributed by atoms with E-state index in [1.165, 1.54) is 36.8 Å². The monoisotopic (exact) mass is 152 g/mol. The minimum Gasteiger partial charge on any atom is -0.472 e. The Kier molecular flexibility index (Phi) is 3.21. The fraction of sp³-hybridized carbons (Fsp3) is 0.600. The summed E-state index contributed by atoms with van der Waals surface area (Å²) in [4.78, 5) is 0. The summed E-state index contributed by atoms with van der Waals surface area (Å²) in [7, 11) is 0. The van der Waals surface area contributed by atoms with Crippen molar-refractivity contribution in [1.82, 2.24) is 0 Å². The van der Waals surface area contributed by atoms with E-state index in [9.17, 15) is 0 Å². The van der Waals surface area contributed by atoms with Crippen molar-refractivity contribution in [2.45, 2.75) is 39.5 Å². The molecule has 0 aromatic carbocycles. The SMILES string of the molecule is CCCCCc1cocc1C. The van der Waals surface area contributed by atoms with Crippen molar-refractivity contribution in [3.63, 3.8) is 0 Å². The quantitative estimate of drug-likeness (QED) is 0.603. The van der Waals surface area contributed by atoms with E-state index < -0.39 is 0 Å². The number of unbranched alkanes of at least 4 members (excludes halogenated alkanes) is 2. The summed E-state index contributed by atoms with van der Waals surface area (Å²) < 4.78 is 5.08. The van der Waals surface area contributed by atoms with Crippen LogP contribution >= 0.6 is 0 Å². The third-order valence-corrected chi connectivity index (χ3v) is 2.01. The molecule has 0 spiro atoms. The molecule has 1 aromatic heterocycles. The van der Waals surface area contributed by atoms with E-state index in [1.54, 1.807) is 0 Å². The molecular weight excluding hydrogens is 136 g/mol. The van der Waals surface area contributed by atoms with Gasteiger partial charge in [0.25, 0.3) is 0 Å². The van der Waals surface area contributed by atoms with Crippen LogP contribution in [-0.2, 0) is 6.42 Å². The Labute approximate surface area is 68.4 Å². The van der Waals surface area contributed by atoms with Crippen molar-refractivity contribution in [2.75, 3.05) is 0 Å². The fourth-order valence-corrected chi connectivity index (χ4v) is 1.21. The molecule has 0 atom stereocenters. The predicted octanol–water partition coefficient (Wildman–Crippen LogP) is 3.32. The molecule has 0 aliphatic heterocycles. The summed E-state index contributed by atoms with van der Waals surface area (Å²) in [5.74, 6) is 0. The van der Waals surface area contributed by atoms with Crippen molar-refractivity contribution in [3.8, 4) is 0 Å². The maximum atomic E-state index is 5.08. The van der Waals surface area contributed by atoms with Crippen molar-refractivity contribution >= 4 is 0 Å². The van der Waals surface area contributed by atoms with Gasteiger partial charge in [-0.05, 0) is 30.9 Å². The van der Waals surface area contributed by atoms with Crippen LogP contribution in [-0.4, -0.2) is 0 Å². The highest BCUT2D eigenvalue weighted by atomic mass is 16.3. The summed E-state index contributed by atoms with van der Waals surface area (Å²) in [6.45, 7) is 4.33. The standard InChI is InChI=1S/C10H16O/c1-3-4-5-6-10-8-11-7-9(10)2/h7-8H,3-6H2,1-2H3. The van der Waals surface area contributed by atoms with Gasteiger partial charge in [0.05, 0.1) is 12.5 Å². The van der Waals surface area contributed by atoms with Crippen LogP contribution in [0.2, 0.25) is 0 Å². The Hall–Kier alpha value is -0.720. The van der Waals surface area contributed by atoms with Gasteiger partial charge in [-0.3, -0.25) is 0 Å². The van der Waals surface area contributed by atoms with E-state index in [-0.39, 0.29) is 0 Å².